The van der Waals surface area contributed by atoms with Crippen molar-refractivity contribution in [3.05, 3.63) is 0 Å². The molecular formula is C8H13N3O. The first-order valence-electron chi connectivity index (χ1n) is 3.77. The van der Waals surface area contributed by atoms with Gasteiger partial charge in [0.1, 0.15) is 0 Å². The highest BCUT2D eigenvalue weighted by atomic mass is 16.2. The summed E-state index contributed by atoms with van der Waals surface area (Å²) in [6.07, 6.45) is 1.45. The highest BCUT2D eigenvalue weighted by Crippen LogP contribution is 2.05. The summed E-state index contributed by atoms with van der Waals surface area (Å²) in [4.78, 5) is 10.4. The second-order valence-corrected chi connectivity index (χ2v) is 2.85. The number of nitrogens with one attached hydrogen (secondary N) is 1. The maximum Gasteiger partial charge on any atom is 0.236 e. The lowest BCUT2D eigenvalue weighted by Crippen LogP contribution is -2.15. The average molecular weight is 167 g/mol. The Morgan fingerprint density at radius 1 is 1.67 bits per heavy atom. The predicted octanol–water partition coefficient (Wildman–Crippen LogP) is 0.904. The van der Waals surface area contributed by atoms with Crippen molar-refractivity contribution in [2.75, 3.05) is 0 Å². The molecule has 0 aromatic carbocycles. The molecule has 0 spiro atoms. The fourth-order valence-electron chi connectivity index (χ4n) is 0.563. The summed E-state index contributed by atoms with van der Waals surface area (Å²) in [5.74, 6) is -0.254. The van der Waals surface area contributed by atoms with Crippen LogP contribution in [0.3, 0.4) is 0 Å². The topological polar surface area (TPSA) is 65.2 Å². The van der Waals surface area contributed by atoms with Crippen LogP contribution in [0.2, 0.25) is 0 Å². The Hall–Kier alpha value is -1.37. The standard InChI is InChI=1S/C8H13N3O/c1-6(2)8(4-9)5-10-11-7(3)12/h5-6,8H,1-3H3,(H,11,12)/b10-5+. The van der Waals surface area contributed by atoms with Gasteiger partial charge in [-0.2, -0.15) is 10.4 Å². The van der Waals surface area contributed by atoms with E-state index >= 15 is 0 Å². The molecule has 0 fully saturated rings. The van der Waals surface area contributed by atoms with Gasteiger partial charge in [0.25, 0.3) is 0 Å². The molecule has 0 aliphatic carbocycles. The molecule has 12 heavy (non-hydrogen) atoms. The molecule has 0 rings (SSSR count). The Kier molecular flexibility index (Phi) is 4.70. The molecule has 0 aliphatic heterocycles. The van der Waals surface area contributed by atoms with Crippen molar-refractivity contribution in [1.29, 1.82) is 5.26 Å². The first-order valence-corrected chi connectivity index (χ1v) is 3.77. The first-order chi connectivity index (χ1) is 5.57. The van der Waals surface area contributed by atoms with Crippen LogP contribution in [-0.2, 0) is 4.79 Å². The number of hydrogen-bond donors (Lipinski definition) is 1. The molecule has 1 atom stereocenters. The van der Waals surface area contributed by atoms with Crippen LogP contribution in [0.15, 0.2) is 5.10 Å². The van der Waals surface area contributed by atoms with E-state index in [-0.39, 0.29) is 17.7 Å². The minimum atomic E-state index is -0.239. The molecule has 4 heteroatoms. The summed E-state index contributed by atoms with van der Waals surface area (Å²) in [7, 11) is 0. The van der Waals surface area contributed by atoms with Crippen molar-refractivity contribution in [2.24, 2.45) is 16.9 Å². The molecule has 0 aliphatic rings. The number of carbonyl (C=O) groups is 1. The fraction of sp³-hybridized carbons (Fsp3) is 0.625. The molecule has 0 bridgehead atoms. The van der Waals surface area contributed by atoms with E-state index in [1.165, 1.54) is 13.1 Å². The minimum absolute atomic E-state index is 0.215. The molecule has 0 radical (unpaired) electrons. The Morgan fingerprint density at radius 3 is 2.58 bits per heavy atom. The molecule has 0 heterocycles. The number of nitrogens with zero attached hydrogens (tertiary/aromatic N) is 2. The third-order valence-corrected chi connectivity index (χ3v) is 1.32. The van der Waals surface area contributed by atoms with Crippen molar-refractivity contribution in [3.8, 4) is 6.07 Å². The van der Waals surface area contributed by atoms with E-state index in [1.807, 2.05) is 13.8 Å². The molecule has 66 valence electrons. The zero-order valence-electron chi connectivity index (χ0n) is 7.53. The predicted molar refractivity (Wildman–Crippen MR) is 46.2 cm³/mol. The van der Waals surface area contributed by atoms with Crippen LogP contribution in [-0.4, -0.2) is 12.1 Å². The molecule has 0 aromatic rings. The van der Waals surface area contributed by atoms with E-state index in [0.717, 1.165) is 0 Å². The summed E-state index contributed by atoms with van der Waals surface area (Å²) in [5, 5.41) is 12.2. The van der Waals surface area contributed by atoms with E-state index in [2.05, 4.69) is 16.6 Å². The Morgan fingerprint density at radius 2 is 2.25 bits per heavy atom. The number of carbonyl (C=O) groups excluding carboxylic acids is 1. The number of nitriles is 1. The highest BCUT2D eigenvalue weighted by Gasteiger charge is 2.08. The molecular weight excluding hydrogens is 154 g/mol. The molecule has 4 nitrogen and oxygen atoms in total. The van der Waals surface area contributed by atoms with Gasteiger partial charge in [-0.05, 0) is 5.92 Å². The van der Waals surface area contributed by atoms with E-state index in [9.17, 15) is 4.79 Å². The average Bonchev–Trinajstić information content (AvgIpc) is 1.96. The summed E-state index contributed by atoms with van der Waals surface area (Å²) >= 11 is 0. The first kappa shape index (κ1) is 10.6. The van der Waals surface area contributed by atoms with Crippen LogP contribution in [0, 0.1) is 23.2 Å². The van der Waals surface area contributed by atoms with Gasteiger partial charge in [-0.1, -0.05) is 13.8 Å². The second kappa shape index (κ2) is 5.30. The summed E-state index contributed by atoms with van der Waals surface area (Å²) in [5.41, 5.74) is 2.24. The molecule has 1 N–H and O–H groups in total. The van der Waals surface area contributed by atoms with Gasteiger partial charge in [0.2, 0.25) is 5.91 Å². The molecule has 0 saturated heterocycles. The van der Waals surface area contributed by atoms with Gasteiger partial charge in [-0.15, -0.1) is 0 Å². The molecule has 1 amide bonds. The van der Waals surface area contributed by atoms with Crippen LogP contribution in [0.1, 0.15) is 20.8 Å². The summed E-state index contributed by atoms with van der Waals surface area (Å²) in [6.45, 7) is 5.22. The van der Waals surface area contributed by atoms with Crippen molar-refractivity contribution in [3.63, 3.8) is 0 Å². The van der Waals surface area contributed by atoms with Gasteiger partial charge in [0.15, 0.2) is 0 Å². The summed E-state index contributed by atoms with van der Waals surface area (Å²) in [6, 6.07) is 2.07. The number of amides is 1. The molecule has 0 aromatic heterocycles. The lowest BCUT2D eigenvalue weighted by molar-refractivity contribution is -0.118. The van der Waals surface area contributed by atoms with Crippen molar-refractivity contribution in [2.45, 2.75) is 20.8 Å². The zero-order chi connectivity index (χ0) is 9.56. The zero-order valence-corrected chi connectivity index (χ0v) is 7.53. The van der Waals surface area contributed by atoms with Crippen molar-refractivity contribution < 1.29 is 4.79 Å². The maximum atomic E-state index is 10.4. The van der Waals surface area contributed by atoms with Crippen LogP contribution in [0.4, 0.5) is 0 Å². The second-order valence-electron chi connectivity index (χ2n) is 2.85. The van der Waals surface area contributed by atoms with E-state index < -0.39 is 0 Å². The molecule has 0 saturated carbocycles. The Balaban J connectivity index is 3.96. The Labute approximate surface area is 72.3 Å². The normalized spacial score (nSPS) is 12.9. The number of hydrazone groups is 1. The van der Waals surface area contributed by atoms with Crippen LogP contribution >= 0.6 is 0 Å². The van der Waals surface area contributed by atoms with Crippen molar-refractivity contribution in [1.82, 2.24) is 5.43 Å². The van der Waals surface area contributed by atoms with Crippen LogP contribution in [0.25, 0.3) is 0 Å². The van der Waals surface area contributed by atoms with Gasteiger partial charge in [0.05, 0.1) is 12.0 Å². The largest absolute Gasteiger partial charge is 0.274 e. The van der Waals surface area contributed by atoms with Crippen molar-refractivity contribution >= 4 is 12.1 Å². The monoisotopic (exact) mass is 167 g/mol. The van der Waals surface area contributed by atoms with Crippen LogP contribution < -0.4 is 5.43 Å². The van der Waals surface area contributed by atoms with Gasteiger partial charge in [0, 0.05) is 13.1 Å². The fourth-order valence-corrected chi connectivity index (χ4v) is 0.563. The smallest absolute Gasteiger partial charge is 0.236 e. The van der Waals surface area contributed by atoms with Gasteiger partial charge in [-0.25, -0.2) is 5.43 Å². The number of hydrogen-bond acceptors (Lipinski definition) is 3. The third-order valence-electron chi connectivity index (χ3n) is 1.32. The van der Waals surface area contributed by atoms with Gasteiger partial charge >= 0.3 is 0 Å². The maximum absolute atomic E-state index is 10.4. The SMILES string of the molecule is CC(=O)N/N=C/C(C#N)C(C)C. The highest BCUT2D eigenvalue weighted by molar-refractivity contribution is 5.74. The Bertz CT molecular complexity index is 215. The van der Waals surface area contributed by atoms with E-state index in [0.29, 0.717) is 0 Å². The minimum Gasteiger partial charge on any atom is -0.274 e. The third kappa shape index (κ3) is 4.45. The lowest BCUT2D eigenvalue weighted by atomic mass is 9.99. The summed E-state index contributed by atoms with van der Waals surface area (Å²) < 4.78 is 0. The van der Waals surface area contributed by atoms with E-state index in [4.69, 9.17) is 5.26 Å². The van der Waals surface area contributed by atoms with Gasteiger partial charge < -0.3 is 0 Å². The van der Waals surface area contributed by atoms with Gasteiger partial charge in [-0.3, -0.25) is 4.79 Å². The quantitative estimate of drug-likeness (QED) is 0.501. The van der Waals surface area contributed by atoms with E-state index in [1.54, 1.807) is 0 Å². The number of rotatable bonds is 3. The lowest BCUT2D eigenvalue weighted by Gasteiger charge is -2.05. The molecule has 1 unspecified atom stereocenters. The van der Waals surface area contributed by atoms with Crippen LogP contribution in [0.5, 0.6) is 0 Å².